The van der Waals surface area contributed by atoms with Gasteiger partial charge in [-0.05, 0) is 71.8 Å². The Morgan fingerprint density at radius 2 is 1.21 bits per heavy atom. The first-order valence-electron chi connectivity index (χ1n) is 11.6. The molecule has 0 saturated carbocycles. The second-order valence-electron chi connectivity index (χ2n) is 9.33. The molecule has 154 valence electrons. The Bertz CT molecular complexity index is 1770. The third kappa shape index (κ3) is 2.16. The summed E-state index contributed by atoms with van der Waals surface area (Å²) in [5.41, 5.74) is 11.4. The van der Waals surface area contributed by atoms with E-state index in [1.807, 2.05) is 0 Å². The van der Waals surface area contributed by atoms with Crippen LogP contribution in [0.4, 0.5) is 0 Å². The van der Waals surface area contributed by atoms with Crippen LogP contribution >= 0.6 is 15.9 Å². The second kappa shape index (κ2) is 6.34. The predicted molar refractivity (Wildman–Crippen MR) is 140 cm³/mol. The number of benzene rings is 5. The van der Waals surface area contributed by atoms with Gasteiger partial charge in [0.05, 0.1) is 0 Å². The molecule has 0 radical (unpaired) electrons. The molecule has 8 rings (SSSR count). The molecular formula is C32H19Br. The maximum absolute atomic E-state index is 3.84. The van der Waals surface area contributed by atoms with E-state index in [4.69, 9.17) is 0 Å². The Kier molecular flexibility index (Phi) is 3.47. The fraction of sp³-hybridized carbons (Fsp3) is 0.0625. The molecule has 0 aromatic heterocycles. The van der Waals surface area contributed by atoms with Crippen LogP contribution in [0.25, 0.3) is 33.0 Å². The van der Waals surface area contributed by atoms with E-state index in [0.717, 1.165) is 0 Å². The molecule has 1 heteroatoms. The van der Waals surface area contributed by atoms with Crippen LogP contribution in [-0.2, 0) is 0 Å². The lowest BCUT2D eigenvalue weighted by Crippen LogP contribution is -2.37. The molecule has 33 heavy (non-hydrogen) atoms. The molecule has 0 fully saturated rings. The summed E-state index contributed by atoms with van der Waals surface area (Å²) < 4.78 is 1.18. The molecule has 0 heterocycles. The van der Waals surface area contributed by atoms with E-state index >= 15 is 0 Å². The van der Waals surface area contributed by atoms with Gasteiger partial charge in [0.2, 0.25) is 0 Å². The van der Waals surface area contributed by atoms with Crippen LogP contribution in [0.1, 0.15) is 34.1 Å². The van der Waals surface area contributed by atoms with E-state index in [1.54, 1.807) is 0 Å². The average Bonchev–Trinajstić information content (AvgIpc) is 3.38. The average molecular weight is 483 g/mol. The first-order valence-corrected chi connectivity index (χ1v) is 12.4. The number of hydrogen-bond donors (Lipinski definition) is 0. The lowest BCUT2D eigenvalue weighted by molar-refractivity contribution is 0.794. The summed E-state index contributed by atoms with van der Waals surface area (Å²) in [4.78, 5) is 0. The lowest BCUT2D eigenvalue weighted by atomic mass is 9.71. The highest BCUT2D eigenvalue weighted by Gasteiger charge is 2.44. The number of halogens is 1. The molecule has 2 atom stereocenters. The van der Waals surface area contributed by atoms with Crippen molar-refractivity contribution in [3.05, 3.63) is 140 Å². The van der Waals surface area contributed by atoms with Crippen LogP contribution in [-0.4, -0.2) is 0 Å². The van der Waals surface area contributed by atoms with Gasteiger partial charge in [0.15, 0.2) is 0 Å². The van der Waals surface area contributed by atoms with Crippen molar-refractivity contribution in [2.75, 3.05) is 0 Å². The van der Waals surface area contributed by atoms with Crippen molar-refractivity contribution in [1.29, 1.82) is 0 Å². The molecule has 0 N–H and O–H groups in total. The highest BCUT2D eigenvalue weighted by Crippen LogP contribution is 2.59. The Morgan fingerprint density at radius 3 is 2.09 bits per heavy atom. The summed E-state index contributed by atoms with van der Waals surface area (Å²) in [5.74, 6) is 0.634. The van der Waals surface area contributed by atoms with Crippen LogP contribution < -0.4 is 10.4 Å². The summed E-state index contributed by atoms with van der Waals surface area (Å²) >= 11 is 3.84. The van der Waals surface area contributed by atoms with Gasteiger partial charge in [0.25, 0.3) is 0 Å². The standard InChI is InChI=1S/C32H19Br/c33-26-17-16-25-28-22(26)13-7-15-24(28)31-27(18-8-2-1-3-9-18)23-14-6-12-20-19-10-4-5-11-21(19)30(29(20)23)32(25)31/h1-17,31-32H. The molecule has 0 bridgehead atoms. The van der Waals surface area contributed by atoms with E-state index in [1.165, 1.54) is 70.2 Å². The highest BCUT2D eigenvalue weighted by atomic mass is 79.9. The summed E-state index contributed by atoms with van der Waals surface area (Å²) in [6.45, 7) is 0. The fourth-order valence-electron chi connectivity index (χ4n) is 6.77. The maximum atomic E-state index is 3.84. The second-order valence-corrected chi connectivity index (χ2v) is 10.2. The van der Waals surface area contributed by atoms with Crippen molar-refractivity contribution in [1.82, 2.24) is 0 Å². The zero-order valence-electron chi connectivity index (χ0n) is 17.8. The van der Waals surface area contributed by atoms with Crippen LogP contribution in [0.3, 0.4) is 0 Å². The zero-order valence-corrected chi connectivity index (χ0v) is 19.4. The van der Waals surface area contributed by atoms with Crippen LogP contribution in [0, 0.1) is 0 Å². The normalized spacial score (nSPS) is 18.9. The highest BCUT2D eigenvalue weighted by molar-refractivity contribution is 9.10. The minimum absolute atomic E-state index is 0.310. The van der Waals surface area contributed by atoms with Crippen molar-refractivity contribution in [2.45, 2.75) is 11.8 Å². The third-order valence-electron chi connectivity index (χ3n) is 7.89. The maximum Gasteiger partial charge on any atom is 0.0254 e. The molecule has 0 nitrogen and oxygen atoms in total. The van der Waals surface area contributed by atoms with Gasteiger partial charge in [-0.2, -0.15) is 0 Å². The molecule has 0 saturated heterocycles. The van der Waals surface area contributed by atoms with Gasteiger partial charge in [-0.25, -0.2) is 0 Å². The molecule has 5 aromatic carbocycles. The number of rotatable bonds is 1. The molecule has 2 unspecified atom stereocenters. The lowest BCUT2D eigenvalue weighted by Gasteiger charge is -2.30. The minimum Gasteiger partial charge on any atom is -0.0622 e. The molecule has 0 aliphatic heterocycles. The van der Waals surface area contributed by atoms with Gasteiger partial charge in [-0.3, -0.25) is 0 Å². The topological polar surface area (TPSA) is 0 Å². The monoisotopic (exact) mass is 482 g/mol. The summed E-state index contributed by atoms with van der Waals surface area (Å²) in [6.07, 6.45) is 0. The molecular weight excluding hydrogens is 464 g/mol. The number of hydrogen-bond acceptors (Lipinski definition) is 0. The van der Waals surface area contributed by atoms with E-state index in [2.05, 4.69) is 119 Å². The van der Waals surface area contributed by atoms with E-state index in [-0.39, 0.29) is 0 Å². The molecule has 0 spiro atoms. The fourth-order valence-corrected chi connectivity index (χ4v) is 7.23. The van der Waals surface area contributed by atoms with E-state index in [0.29, 0.717) is 11.8 Å². The first-order chi connectivity index (χ1) is 16.3. The Hall–Kier alpha value is -3.42. The predicted octanol–water partition coefficient (Wildman–Crippen LogP) is 6.88. The third-order valence-corrected chi connectivity index (χ3v) is 8.59. The van der Waals surface area contributed by atoms with Crippen molar-refractivity contribution in [3.63, 3.8) is 0 Å². The van der Waals surface area contributed by atoms with Crippen molar-refractivity contribution >= 4 is 37.8 Å². The van der Waals surface area contributed by atoms with Crippen LogP contribution in [0.2, 0.25) is 0 Å². The van der Waals surface area contributed by atoms with Crippen LogP contribution in [0.15, 0.2) is 108 Å². The minimum atomic E-state index is 0.310. The van der Waals surface area contributed by atoms with Crippen LogP contribution in [0.5, 0.6) is 0 Å². The smallest absolute Gasteiger partial charge is 0.0254 e. The van der Waals surface area contributed by atoms with Crippen molar-refractivity contribution < 1.29 is 0 Å². The number of fused-ring (bicyclic) bond motifs is 7. The SMILES string of the molecule is Brc1ccc2c3c(cccc13)C1C(c3ccccc3)=c3cccc4c3=C(c3ccccc3-4)C21. The van der Waals surface area contributed by atoms with E-state index < -0.39 is 0 Å². The molecule has 0 amide bonds. The summed E-state index contributed by atoms with van der Waals surface area (Å²) in [5, 5.41) is 5.60. The van der Waals surface area contributed by atoms with Gasteiger partial charge in [0.1, 0.15) is 0 Å². The molecule has 5 aromatic rings. The van der Waals surface area contributed by atoms with Crippen molar-refractivity contribution in [2.24, 2.45) is 0 Å². The van der Waals surface area contributed by atoms with Gasteiger partial charge in [-0.15, -0.1) is 0 Å². The zero-order chi connectivity index (χ0) is 21.7. The molecule has 3 aliphatic carbocycles. The summed E-state index contributed by atoms with van der Waals surface area (Å²) in [7, 11) is 0. The first kappa shape index (κ1) is 18.1. The Labute approximate surface area is 200 Å². The summed E-state index contributed by atoms with van der Waals surface area (Å²) in [6, 6.07) is 38.4. The van der Waals surface area contributed by atoms with Gasteiger partial charge >= 0.3 is 0 Å². The largest absolute Gasteiger partial charge is 0.0622 e. The molecule has 3 aliphatic rings. The van der Waals surface area contributed by atoms with Gasteiger partial charge in [-0.1, -0.05) is 113 Å². The quantitative estimate of drug-likeness (QED) is 0.244. The van der Waals surface area contributed by atoms with E-state index in [9.17, 15) is 0 Å². The van der Waals surface area contributed by atoms with Crippen molar-refractivity contribution in [3.8, 4) is 11.1 Å². The van der Waals surface area contributed by atoms with Gasteiger partial charge in [0, 0.05) is 16.3 Å². The van der Waals surface area contributed by atoms with Gasteiger partial charge < -0.3 is 0 Å². The Balaban J connectivity index is 1.62. The Morgan fingerprint density at radius 1 is 0.515 bits per heavy atom.